The molecule has 2 rings (SSSR count). The van der Waals surface area contributed by atoms with Crippen LogP contribution < -0.4 is 5.32 Å². The largest absolute Gasteiger partial charge is 0.304 e. The van der Waals surface area contributed by atoms with Gasteiger partial charge in [-0.1, -0.05) is 19.3 Å². The molecule has 1 N–H and O–H groups in total. The Kier molecular flexibility index (Phi) is 3.07. The van der Waals surface area contributed by atoms with Crippen LogP contribution in [0.15, 0.2) is 0 Å². The molecule has 0 radical (unpaired) electrons. The van der Waals surface area contributed by atoms with E-state index in [0.717, 1.165) is 24.2 Å². The molecular formula is C14H23N. The molecule has 0 aromatic heterocycles. The van der Waals surface area contributed by atoms with E-state index in [1.54, 1.807) is 0 Å². The van der Waals surface area contributed by atoms with Gasteiger partial charge in [-0.25, -0.2) is 0 Å². The molecule has 0 aliphatic heterocycles. The molecule has 0 saturated heterocycles. The predicted octanol–water partition coefficient (Wildman–Crippen LogP) is 2.81. The number of fused-ring (bicyclic) bond motifs is 1. The summed E-state index contributed by atoms with van der Waals surface area (Å²) in [4.78, 5) is 0. The third kappa shape index (κ3) is 1.81. The Hall–Kier alpha value is -0.480. The Morgan fingerprint density at radius 1 is 1.40 bits per heavy atom. The van der Waals surface area contributed by atoms with Crippen molar-refractivity contribution in [2.45, 2.75) is 51.5 Å². The first kappa shape index (κ1) is 11.0. The summed E-state index contributed by atoms with van der Waals surface area (Å²) in [6, 6.07) is 0. The second kappa shape index (κ2) is 4.18. The lowest BCUT2D eigenvalue weighted by Crippen LogP contribution is -2.51. The molecule has 15 heavy (non-hydrogen) atoms. The average molecular weight is 205 g/mol. The highest BCUT2D eigenvalue weighted by Gasteiger charge is 2.45. The number of nitrogens with one attached hydrogen (secondary N) is 1. The summed E-state index contributed by atoms with van der Waals surface area (Å²) in [5, 5.41) is 3.47. The van der Waals surface area contributed by atoms with Crippen molar-refractivity contribution in [3.8, 4) is 11.8 Å². The Morgan fingerprint density at radius 2 is 2.20 bits per heavy atom. The van der Waals surface area contributed by atoms with Gasteiger partial charge in [0.05, 0.1) is 5.54 Å². The van der Waals surface area contributed by atoms with Crippen molar-refractivity contribution >= 4 is 0 Å². The Morgan fingerprint density at radius 3 is 2.73 bits per heavy atom. The van der Waals surface area contributed by atoms with Crippen LogP contribution in [-0.2, 0) is 0 Å². The lowest BCUT2D eigenvalue weighted by Gasteiger charge is -2.46. The standard InChI is InChI=1S/C14H23N/c1-4-6-13-12-9-8-11(12)7-5-10-14(13,2)15-3/h11-13,15H,4,6-9H2,1-3H3. The maximum Gasteiger partial charge on any atom is 0.0801 e. The van der Waals surface area contributed by atoms with Gasteiger partial charge < -0.3 is 5.32 Å². The van der Waals surface area contributed by atoms with E-state index in [0.29, 0.717) is 0 Å². The molecule has 0 heterocycles. The van der Waals surface area contributed by atoms with Gasteiger partial charge in [0, 0.05) is 6.42 Å². The van der Waals surface area contributed by atoms with Crippen LogP contribution in [0.4, 0.5) is 0 Å². The highest BCUT2D eigenvalue weighted by atomic mass is 14.9. The van der Waals surface area contributed by atoms with E-state index in [1.165, 1.54) is 25.7 Å². The van der Waals surface area contributed by atoms with Gasteiger partial charge in [0.1, 0.15) is 0 Å². The Labute approximate surface area is 94.0 Å². The predicted molar refractivity (Wildman–Crippen MR) is 64.5 cm³/mol. The maximum absolute atomic E-state index is 3.48. The van der Waals surface area contributed by atoms with Crippen LogP contribution in [0.3, 0.4) is 0 Å². The fourth-order valence-electron chi connectivity index (χ4n) is 3.33. The highest BCUT2D eigenvalue weighted by Crippen LogP contribution is 2.48. The first-order valence-corrected chi connectivity index (χ1v) is 6.40. The van der Waals surface area contributed by atoms with E-state index < -0.39 is 0 Å². The van der Waals surface area contributed by atoms with Crippen LogP contribution >= 0.6 is 0 Å². The summed E-state index contributed by atoms with van der Waals surface area (Å²) < 4.78 is 0. The van der Waals surface area contributed by atoms with Gasteiger partial charge in [-0.15, -0.1) is 5.92 Å². The SMILES string of the molecule is CCCC1C2CCC2CC#CC1(C)NC. The molecule has 0 aromatic rings. The topological polar surface area (TPSA) is 12.0 Å². The molecular weight excluding hydrogens is 182 g/mol. The first-order chi connectivity index (χ1) is 7.21. The van der Waals surface area contributed by atoms with Crippen molar-refractivity contribution in [3.05, 3.63) is 0 Å². The Bertz CT molecular complexity index is 285. The second-order valence-electron chi connectivity index (χ2n) is 5.35. The van der Waals surface area contributed by atoms with Crippen molar-refractivity contribution in [2.75, 3.05) is 7.05 Å². The average Bonchev–Trinajstić information content (AvgIpc) is 2.29. The summed E-state index contributed by atoms with van der Waals surface area (Å²) in [6.45, 7) is 4.59. The van der Waals surface area contributed by atoms with Crippen LogP contribution in [0.2, 0.25) is 0 Å². The van der Waals surface area contributed by atoms with E-state index in [2.05, 4.69) is 38.1 Å². The zero-order valence-electron chi connectivity index (χ0n) is 10.3. The van der Waals surface area contributed by atoms with Crippen LogP contribution in [0, 0.1) is 29.6 Å². The third-order valence-electron chi connectivity index (χ3n) is 4.57. The second-order valence-corrected chi connectivity index (χ2v) is 5.35. The van der Waals surface area contributed by atoms with Gasteiger partial charge in [0.2, 0.25) is 0 Å². The molecule has 4 unspecified atom stereocenters. The van der Waals surface area contributed by atoms with Crippen LogP contribution in [0.5, 0.6) is 0 Å². The highest BCUT2D eigenvalue weighted by molar-refractivity contribution is 5.23. The molecule has 0 aromatic carbocycles. The number of hydrogen-bond donors (Lipinski definition) is 1. The zero-order valence-corrected chi connectivity index (χ0v) is 10.3. The zero-order chi connectivity index (χ0) is 10.9. The van der Waals surface area contributed by atoms with Gasteiger partial charge in [0.25, 0.3) is 0 Å². The Balaban J connectivity index is 2.21. The van der Waals surface area contributed by atoms with Gasteiger partial charge in [-0.2, -0.15) is 0 Å². The van der Waals surface area contributed by atoms with E-state index in [4.69, 9.17) is 0 Å². The molecule has 84 valence electrons. The van der Waals surface area contributed by atoms with E-state index >= 15 is 0 Å². The van der Waals surface area contributed by atoms with Crippen LogP contribution in [-0.4, -0.2) is 12.6 Å². The number of rotatable bonds is 3. The monoisotopic (exact) mass is 205 g/mol. The summed E-state index contributed by atoms with van der Waals surface area (Å²) in [7, 11) is 2.07. The van der Waals surface area contributed by atoms with Crippen molar-refractivity contribution in [3.63, 3.8) is 0 Å². The smallest absolute Gasteiger partial charge is 0.0801 e. The quantitative estimate of drug-likeness (QED) is 0.699. The van der Waals surface area contributed by atoms with Crippen molar-refractivity contribution in [1.29, 1.82) is 0 Å². The molecule has 1 saturated carbocycles. The van der Waals surface area contributed by atoms with Gasteiger partial charge in [-0.05, 0) is 51.0 Å². The van der Waals surface area contributed by atoms with Crippen molar-refractivity contribution in [1.82, 2.24) is 5.32 Å². The molecule has 1 heteroatoms. The molecule has 4 atom stereocenters. The summed E-state index contributed by atoms with van der Waals surface area (Å²) >= 11 is 0. The van der Waals surface area contributed by atoms with E-state index in [-0.39, 0.29) is 5.54 Å². The lowest BCUT2D eigenvalue weighted by molar-refractivity contribution is 0.0661. The van der Waals surface area contributed by atoms with Crippen molar-refractivity contribution < 1.29 is 0 Å². The van der Waals surface area contributed by atoms with E-state index in [1.807, 2.05) is 0 Å². The molecule has 1 fully saturated rings. The molecule has 2 aliphatic rings. The summed E-state index contributed by atoms with van der Waals surface area (Å²) in [5.41, 5.74) is 0.0653. The minimum absolute atomic E-state index is 0.0653. The normalized spacial score (nSPS) is 43.3. The minimum atomic E-state index is 0.0653. The van der Waals surface area contributed by atoms with Gasteiger partial charge in [0.15, 0.2) is 0 Å². The minimum Gasteiger partial charge on any atom is -0.304 e. The molecule has 0 amide bonds. The van der Waals surface area contributed by atoms with E-state index in [9.17, 15) is 0 Å². The molecule has 2 aliphatic carbocycles. The first-order valence-electron chi connectivity index (χ1n) is 6.40. The molecule has 0 spiro atoms. The fourth-order valence-corrected chi connectivity index (χ4v) is 3.33. The van der Waals surface area contributed by atoms with Crippen molar-refractivity contribution in [2.24, 2.45) is 17.8 Å². The fraction of sp³-hybridized carbons (Fsp3) is 0.857. The van der Waals surface area contributed by atoms with Gasteiger partial charge >= 0.3 is 0 Å². The maximum atomic E-state index is 3.48. The summed E-state index contributed by atoms with van der Waals surface area (Å²) in [5.74, 6) is 9.47. The van der Waals surface area contributed by atoms with Crippen LogP contribution in [0.1, 0.15) is 46.0 Å². The molecule has 0 bridgehead atoms. The third-order valence-corrected chi connectivity index (χ3v) is 4.57. The van der Waals surface area contributed by atoms with Gasteiger partial charge in [-0.3, -0.25) is 0 Å². The lowest BCUT2D eigenvalue weighted by atomic mass is 9.61. The summed E-state index contributed by atoms with van der Waals surface area (Å²) in [6.07, 6.45) is 6.59. The molecule has 1 nitrogen and oxygen atoms in total. The van der Waals surface area contributed by atoms with Crippen LogP contribution in [0.25, 0.3) is 0 Å². The number of hydrogen-bond acceptors (Lipinski definition) is 1.